The van der Waals surface area contributed by atoms with Gasteiger partial charge in [-0.05, 0) is 35.1 Å². The lowest BCUT2D eigenvalue weighted by Gasteiger charge is -2.18. The molecule has 2 N–H and O–H groups in total. The van der Waals surface area contributed by atoms with E-state index < -0.39 is 12.2 Å². The van der Waals surface area contributed by atoms with E-state index in [1.807, 2.05) is 36.4 Å². The lowest BCUT2D eigenvalue weighted by molar-refractivity contribution is 0.0189. The summed E-state index contributed by atoms with van der Waals surface area (Å²) in [5.41, 5.74) is 4.33. The zero-order valence-corrected chi connectivity index (χ0v) is 12.8. The van der Waals surface area contributed by atoms with Crippen LogP contribution in [0.3, 0.4) is 0 Å². The van der Waals surface area contributed by atoms with Gasteiger partial charge < -0.3 is 10.2 Å². The van der Waals surface area contributed by atoms with Crippen LogP contribution in [0, 0.1) is 0 Å². The first-order valence-electron chi connectivity index (χ1n) is 7.66. The van der Waals surface area contributed by atoms with Crippen LogP contribution in [0.2, 0.25) is 0 Å². The van der Waals surface area contributed by atoms with Gasteiger partial charge in [0.2, 0.25) is 0 Å². The minimum Gasteiger partial charge on any atom is -0.390 e. The van der Waals surface area contributed by atoms with E-state index in [-0.39, 0.29) is 0 Å². The van der Waals surface area contributed by atoms with Crippen LogP contribution >= 0.6 is 0 Å². The van der Waals surface area contributed by atoms with Crippen LogP contribution in [0.25, 0.3) is 0 Å². The molecule has 0 spiro atoms. The van der Waals surface area contributed by atoms with Crippen molar-refractivity contribution in [3.63, 3.8) is 0 Å². The second-order valence-corrected chi connectivity index (χ2v) is 5.48. The molecule has 0 saturated heterocycles. The van der Waals surface area contributed by atoms with E-state index in [9.17, 15) is 10.2 Å². The van der Waals surface area contributed by atoms with E-state index >= 15 is 0 Å². The molecule has 0 aliphatic carbocycles. The molecule has 0 aliphatic rings. The number of hydrogen-bond acceptors (Lipinski definition) is 2. The Morgan fingerprint density at radius 2 is 1.14 bits per heavy atom. The van der Waals surface area contributed by atoms with Crippen LogP contribution in [-0.2, 0) is 19.3 Å². The Labute approximate surface area is 127 Å². The van der Waals surface area contributed by atoms with Gasteiger partial charge in [0.05, 0.1) is 6.10 Å². The Bertz CT molecular complexity index is 543. The zero-order chi connectivity index (χ0) is 15.2. The molecular weight excluding hydrogens is 260 g/mol. The van der Waals surface area contributed by atoms with Gasteiger partial charge in [-0.3, -0.25) is 0 Å². The molecule has 0 saturated carbocycles. The molecule has 2 atom stereocenters. The Hall–Kier alpha value is -1.64. The summed E-state index contributed by atoms with van der Waals surface area (Å²) in [4.78, 5) is 0. The summed E-state index contributed by atoms with van der Waals surface area (Å²) in [5.74, 6) is 0. The van der Waals surface area contributed by atoms with Crippen LogP contribution in [-0.4, -0.2) is 16.3 Å². The van der Waals surface area contributed by atoms with E-state index in [0.29, 0.717) is 6.42 Å². The molecule has 21 heavy (non-hydrogen) atoms. The van der Waals surface area contributed by atoms with Gasteiger partial charge in [0.25, 0.3) is 0 Å². The first kappa shape index (κ1) is 15.7. The standard InChI is InChI=1S/C19H24O2/c1-3-14-5-7-16(8-6-14)13-18(20)19(21)17-11-9-15(4-2)10-12-17/h5-12,18-21H,3-4,13H2,1-2H3. The van der Waals surface area contributed by atoms with Gasteiger partial charge in [0, 0.05) is 6.42 Å². The molecule has 2 heteroatoms. The first-order chi connectivity index (χ1) is 10.1. The average Bonchev–Trinajstić information content (AvgIpc) is 2.55. The van der Waals surface area contributed by atoms with E-state index in [1.165, 1.54) is 11.1 Å². The van der Waals surface area contributed by atoms with Crippen molar-refractivity contribution in [2.45, 2.75) is 45.3 Å². The summed E-state index contributed by atoms with van der Waals surface area (Å²) in [7, 11) is 0. The second kappa shape index (κ2) is 7.39. The Morgan fingerprint density at radius 3 is 1.62 bits per heavy atom. The minimum absolute atomic E-state index is 0.459. The average molecular weight is 284 g/mol. The van der Waals surface area contributed by atoms with Gasteiger partial charge in [-0.2, -0.15) is 0 Å². The van der Waals surface area contributed by atoms with E-state index in [1.54, 1.807) is 0 Å². The number of rotatable bonds is 6. The smallest absolute Gasteiger partial charge is 0.105 e. The summed E-state index contributed by atoms with van der Waals surface area (Å²) in [6.07, 6.45) is 0.810. The number of aliphatic hydroxyl groups is 2. The van der Waals surface area contributed by atoms with Gasteiger partial charge >= 0.3 is 0 Å². The van der Waals surface area contributed by atoms with Crippen molar-refractivity contribution >= 4 is 0 Å². The highest BCUT2D eigenvalue weighted by Gasteiger charge is 2.18. The summed E-state index contributed by atoms with van der Waals surface area (Å²) >= 11 is 0. The monoisotopic (exact) mass is 284 g/mol. The van der Waals surface area contributed by atoms with Crippen molar-refractivity contribution in [2.75, 3.05) is 0 Å². The second-order valence-electron chi connectivity index (χ2n) is 5.48. The molecule has 112 valence electrons. The number of aliphatic hydroxyl groups excluding tert-OH is 2. The van der Waals surface area contributed by atoms with E-state index in [0.717, 1.165) is 24.0 Å². The molecule has 0 aromatic heterocycles. The highest BCUT2D eigenvalue weighted by atomic mass is 16.3. The maximum Gasteiger partial charge on any atom is 0.105 e. The number of hydrogen-bond donors (Lipinski definition) is 2. The molecule has 2 aromatic rings. The van der Waals surface area contributed by atoms with E-state index in [2.05, 4.69) is 26.0 Å². The largest absolute Gasteiger partial charge is 0.390 e. The van der Waals surface area contributed by atoms with Crippen LogP contribution < -0.4 is 0 Å². The molecular formula is C19H24O2. The van der Waals surface area contributed by atoms with Crippen LogP contribution in [0.1, 0.15) is 42.2 Å². The maximum atomic E-state index is 10.3. The third-order valence-corrected chi connectivity index (χ3v) is 3.97. The number of benzene rings is 2. The van der Waals surface area contributed by atoms with Crippen molar-refractivity contribution in [2.24, 2.45) is 0 Å². The van der Waals surface area contributed by atoms with Gasteiger partial charge in [0.1, 0.15) is 6.10 Å². The summed E-state index contributed by atoms with van der Waals surface area (Å²) in [5, 5.41) is 20.5. The Kier molecular flexibility index (Phi) is 5.54. The normalized spacial score (nSPS) is 13.9. The summed E-state index contributed by atoms with van der Waals surface area (Å²) in [6.45, 7) is 4.22. The number of aryl methyl sites for hydroxylation is 2. The fraction of sp³-hybridized carbons (Fsp3) is 0.368. The lowest BCUT2D eigenvalue weighted by Crippen LogP contribution is -2.20. The molecule has 0 heterocycles. The summed E-state index contributed by atoms with van der Waals surface area (Å²) < 4.78 is 0. The molecule has 0 bridgehead atoms. The predicted octanol–water partition coefficient (Wildman–Crippen LogP) is 3.45. The Balaban J connectivity index is 2.01. The molecule has 2 aromatic carbocycles. The van der Waals surface area contributed by atoms with Crippen molar-refractivity contribution in [1.29, 1.82) is 0 Å². The third kappa shape index (κ3) is 4.16. The molecule has 2 unspecified atom stereocenters. The molecule has 0 amide bonds. The Morgan fingerprint density at radius 1 is 0.714 bits per heavy atom. The summed E-state index contributed by atoms with van der Waals surface area (Å²) in [6, 6.07) is 16.0. The van der Waals surface area contributed by atoms with Crippen molar-refractivity contribution in [3.8, 4) is 0 Å². The van der Waals surface area contributed by atoms with Crippen molar-refractivity contribution in [1.82, 2.24) is 0 Å². The third-order valence-electron chi connectivity index (χ3n) is 3.97. The minimum atomic E-state index is -0.846. The zero-order valence-electron chi connectivity index (χ0n) is 12.8. The molecule has 0 fully saturated rings. The van der Waals surface area contributed by atoms with Gasteiger partial charge in [-0.1, -0.05) is 62.4 Å². The lowest BCUT2D eigenvalue weighted by atomic mass is 9.97. The van der Waals surface area contributed by atoms with Gasteiger partial charge in [0.15, 0.2) is 0 Å². The first-order valence-corrected chi connectivity index (χ1v) is 7.66. The maximum absolute atomic E-state index is 10.3. The van der Waals surface area contributed by atoms with Crippen LogP contribution in [0.5, 0.6) is 0 Å². The van der Waals surface area contributed by atoms with E-state index in [4.69, 9.17) is 0 Å². The van der Waals surface area contributed by atoms with Crippen LogP contribution in [0.4, 0.5) is 0 Å². The highest BCUT2D eigenvalue weighted by molar-refractivity contribution is 5.26. The van der Waals surface area contributed by atoms with Gasteiger partial charge in [-0.15, -0.1) is 0 Å². The van der Waals surface area contributed by atoms with Crippen molar-refractivity contribution < 1.29 is 10.2 Å². The van der Waals surface area contributed by atoms with Crippen molar-refractivity contribution in [3.05, 3.63) is 70.8 Å². The molecule has 2 nitrogen and oxygen atoms in total. The van der Waals surface area contributed by atoms with Crippen LogP contribution in [0.15, 0.2) is 48.5 Å². The quantitative estimate of drug-likeness (QED) is 0.853. The molecule has 0 aliphatic heterocycles. The topological polar surface area (TPSA) is 40.5 Å². The highest BCUT2D eigenvalue weighted by Crippen LogP contribution is 2.21. The fourth-order valence-corrected chi connectivity index (χ4v) is 2.44. The molecule has 2 rings (SSSR count). The van der Waals surface area contributed by atoms with Gasteiger partial charge in [-0.25, -0.2) is 0 Å². The predicted molar refractivity (Wildman–Crippen MR) is 86.3 cm³/mol. The SMILES string of the molecule is CCc1ccc(CC(O)C(O)c2ccc(CC)cc2)cc1. The fourth-order valence-electron chi connectivity index (χ4n) is 2.44. The molecule has 0 radical (unpaired) electrons.